The maximum absolute atomic E-state index is 13.8. The van der Waals surface area contributed by atoms with Crippen molar-refractivity contribution in [1.82, 2.24) is 4.57 Å². The molecule has 46 heavy (non-hydrogen) atoms. The molecule has 0 fully saturated rings. The molecule has 6 aromatic carbocycles. The maximum Gasteiger partial charge on any atom is 0.262 e. The maximum atomic E-state index is 13.8. The van der Waals surface area contributed by atoms with Gasteiger partial charge in [-0.05, 0) is 108 Å². The van der Waals surface area contributed by atoms with Crippen LogP contribution in [0.15, 0.2) is 144 Å². The molecule has 0 bridgehead atoms. The van der Waals surface area contributed by atoms with Gasteiger partial charge in [-0.1, -0.05) is 102 Å². The zero-order chi connectivity index (χ0) is 31.2. The summed E-state index contributed by atoms with van der Waals surface area (Å²) in [6, 6.07) is 47.8. The van der Waals surface area contributed by atoms with Crippen molar-refractivity contribution in [2.75, 3.05) is 4.90 Å². The van der Waals surface area contributed by atoms with Gasteiger partial charge in [0, 0.05) is 23.0 Å². The van der Waals surface area contributed by atoms with Crippen LogP contribution in [0.2, 0.25) is 0 Å². The topological polar surface area (TPSA) is 25.2 Å². The number of hydrogen-bond donors (Lipinski definition) is 0. The van der Waals surface area contributed by atoms with Gasteiger partial charge in [-0.25, -0.2) is 0 Å². The number of para-hydroxylation sites is 1. The number of nitrogens with zero attached hydrogens (tertiary/aromatic N) is 2. The molecular weight excluding hydrogens is 560 g/mol. The summed E-state index contributed by atoms with van der Waals surface area (Å²) < 4.78 is 1.76. The van der Waals surface area contributed by atoms with Crippen molar-refractivity contribution in [2.24, 2.45) is 0 Å². The number of rotatable bonds is 2. The zero-order valence-corrected chi connectivity index (χ0v) is 26.1. The van der Waals surface area contributed by atoms with Crippen molar-refractivity contribution in [1.29, 1.82) is 0 Å². The lowest BCUT2D eigenvalue weighted by Gasteiger charge is -2.45. The van der Waals surface area contributed by atoms with E-state index in [1.807, 2.05) is 42.6 Å². The van der Waals surface area contributed by atoms with Crippen LogP contribution in [0.4, 0.5) is 17.1 Å². The fourth-order valence-corrected chi connectivity index (χ4v) is 8.07. The molecular formula is C43H32N2O. The lowest BCUT2D eigenvalue weighted by molar-refractivity contribution is 0.750. The number of aromatic nitrogens is 1. The van der Waals surface area contributed by atoms with Crippen LogP contribution in [-0.4, -0.2) is 4.57 Å². The first-order valence-corrected chi connectivity index (χ1v) is 15.9. The summed E-state index contributed by atoms with van der Waals surface area (Å²) >= 11 is 0. The molecule has 220 valence electrons. The van der Waals surface area contributed by atoms with Gasteiger partial charge < -0.3 is 4.90 Å². The standard InChI is InChI=1S/C43H32N2O/c1-27-17-21-40-38(23-27)43(36-15-9-7-13-32(36)33-14-8-10-16-37(33)43)39-24-28(2)18-22-41(39)45(40)31-19-20-34-35(25-31)29(3)26-44(42(34)46)30-11-5-4-6-12-30/h4-26H,1-3H3. The van der Waals surface area contributed by atoms with Gasteiger partial charge in [-0.3, -0.25) is 9.36 Å². The number of hydrogen-bond acceptors (Lipinski definition) is 2. The second kappa shape index (κ2) is 9.66. The minimum atomic E-state index is -0.456. The van der Waals surface area contributed by atoms with Crippen LogP contribution < -0.4 is 10.5 Å². The molecule has 1 spiro atoms. The molecule has 3 nitrogen and oxygen atoms in total. The molecule has 1 aromatic heterocycles. The fraction of sp³-hybridized carbons (Fsp3) is 0.0930. The number of fused-ring (bicyclic) bond motifs is 10. The average molecular weight is 593 g/mol. The van der Waals surface area contributed by atoms with Crippen LogP contribution in [0.1, 0.15) is 38.9 Å². The highest BCUT2D eigenvalue weighted by molar-refractivity contribution is 5.98. The Bertz CT molecular complexity index is 2330. The summed E-state index contributed by atoms with van der Waals surface area (Å²) in [5.74, 6) is 0. The van der Waals surface area contributed by atoms with Crippen LogP contribution in [0.3, 0.4) is 0 Å². The van der Waals surface area contributed by atoms with Gasteiger partial charge in [-0.2, -0.15) is 0 Å². The first kappa shape index (κ1) is 26.7. The predicted octanol–water partition coefficient (Wildman–Crippen LogP) is 10.1. The van der Waals surface area contributed by atoms with Gasteiger partial charge in [0.25, 0.3) is 5.56 Å². The first-order chi connectivity index (χ1) is 22.5. The molecule has 0 amide bonds. The zero-order valence-electron chi connectivity index (χ0n) is 26.1. The number of benzene rings is 6. The second-order valence-corrected chi connectivity index (χ2v) is 12.8. The molecule has 0 atom stereocenters. The highest BCUT2D eigenvalue weighted by atomic mass is 16.1. The smallest absolute Gasteiger partial charge is 0.262 e. The number of pyridine rings is 1. The molecule has 9 rings (SSSR count). The van der Waals surface area contributed by atoms with E-state index in [2.05, 4.69) is 123 Å². The Labute approximate surface area is 268 Å². The van der Waals surface area contributed by atoms with Crippen LogP contribution in [-0.2, 0) is 5.41 Å². The average Bonchev–Trinajstić information content (AvgIpc) is 3.38. The van der Waals surface area contributed by atoms with Crippen molar-refractivity contribution in [3.8, 4) is 16.8 Å². The highest BCUT2D eigenvalue weighted by Gasteiger charge is 2.51. The van der Waals surface area contributed by atoms with Crippen molar-refractivity contribution in [2.45, 2.75) is 26.2 Å². The van der Waals surface area contributed by atoms with Crippen molar-refractivity contribution >= 4 is 27.8 Å². The van der Waals surface area contributed by atoms with Gasteiger partial charge in [0.05, 0.1) is 16.8 Å². The third-order valence-corrected chi connectivity index (χ3v) is 10.0. The van der Waals surface area contributed by atoms with Crippen LogP contribution >= 0.6 is 0 Å². The first-order valence-electron chi connectivity index (χ1n) is 15.9. The minimum absolute atomic E-state index is 0.0119. The van der Waals surface area contributed by atoms with Crippen LogP contribution in [0.25, 0.3) is 27.6 Å². The largest absolute Gasteiger partial charge is 0.310 e. The van der Waals surface area contributed by atoms with Crippen LogP contribution in [0, 0.1) is 20.8 Å². The molecule has 7 aromatic rings. The Kier molecular flexibility index (Phi) is 5.61. The summed E-state index contributed by atoms with van der Waals surface area (Å²) in [4.78, 5) is 16.2. The van der Waals surface area contributed by atoms with Gasteiger partial charge in [0.2, 0.25) is 0 Å². The van der Waals surface area contributed by atoms with E-state index < -0.39 is 5.41 Å². The van der Waals surface area contributed by atoms with E-state index in [4.69, 9.17) is 0 Å². The predicted molar refractivity (Wildman–Crippen MR) is 189 cm³/mol. The highest BCUT2D eigenvalue weighted by Crippen LogP contribution is 2.63. The third-order valence-electron chi connectivity index (χ3n) is 10.0. The second-order valence-electron chi connectivity index (χ2n) is 12.8. The molecule has 0 unspecified atom stereocenters. The molecule has 3 heteroatoms. The number of anilines is 3. The molecule has 2 aliphatic rings. The van der Waals surface area contributed by atoms with Gasteiger partial charge in [0.1, 0.15) is 0 Å². The number of aryl methyl sites for hydroxylation is 3. The molecule has 0 radical (unpaired) electrons. The summed E-state index contributed by atoms with van der Waals surface area (Å²) in [5, 5.41) is 1.68. The molecule has 1 aliphatic carbocycles. The normalized spacial score (nSPS) is 13.8. The molecule has 1 aliphatic heterocycles. The third kappa shape index (κ3) is 3.51. The SMILES string of the molecule is Cc1ccc2c(c1)C1(c3ccccc3-c3ccccc31)c1cc(C)ccc1N2c1ccc2c(=O)n(-c3ccccc3)cc(C)c2c1. The monoisotopic (exact) mass is 592 g/mol. The van der Waals surface area contributed by atoms with Gasteiger partial charge in [0.15, 0.2) is 0 Å². The van der Waals surface area contributed by atoms with Crippen molar-refractivity contribution in [3.05, 3.63) is 189 Å². The summed E-state index contributed by atoms with van der Waals surface area (Å²) in [7, 11) is 0. The van der Waals surface area contributed by atoms with Gasteiger partial charge >= 0.3 is 0 Å². The van der Waals surface area contributed by atoms with E-state index in [1.54, 1.807) is 4.57 Å². The quantitative estimate of drug-likeness (QED) is 0.200. The van der Waals surface area contributed by atoms with E-state index in [0.29, 0.717) is 5.39 Å². The summed E-state index contributed by atoms with van der Waals surface area (Å²) in [6.45, 7) is 6.47. The summed E-state index contributed by atoms with van der Waals surface area (Å²) in [6.07, 6.45) is 1.97. The van der Waals surface area contributed by atoms with E-state index >= 15 is 0 Å². The van der Waals surface area contributed by atoms with Crippen molar-refractivity contribution < 1.29 is 0 Å². The Morgan fingerprint density at radius 1 is 0.500 bits per heavy atom. The Morgan fingerprint density at radius 3 is 1.67 bits per heavy atom. The van der Waals surface area contributed by atoms with Crippen LogP contribution in [0.5, 0.6) is 0 Å². The van der Waals surface area contributed by atoms with E-state index in [-0.39, 0.29) is 5.56 Å². The molecule has 2 heterocycles. The minimum Gasteiger partial charge on any atom is -0.310 e. The molecule has 0 saturated carbocycles. The molecule has 0 saturated heterocycles. The van der Waals surface area contributed by atoms with E-state index in [9.17, 15) is 4.79 Å². The lowest BCUT2D eigenvalue weighted by atomic mass is 9.64. The van der Waals surface area contributed by atoms with Crippen molar-refractivity contribution in [3.63, 3.8) is 0 Å². The fourth-order valence-electron chi connectivity index (χ4n) is 8.07. The lowest BCUT2D eigenvalue weighted by Crippen LogP contribution is -2.36. The van der Waals surface area contributed by atoms with Gasteiger partial charge in [-0.15, -0.1) is 0 Å². The Balaban J connectivity index is 1.34. The van der Waals surface area contributed by atoms with E-state index in [0.717, 1.165) is 33.7 Å². The Hall–Kier alpha value is -5.67. The summed E-state index contributed by atoms with van der Waals surface area (Å²) in [5.41, 5.74) is 15.1. The van der Waals surface area contributed by atoms with E-state index in [1.165, 1.54) is 44.5 Å². The Morgan fingerprint density at radius 2 is 1.07 bits per heavy atom. The molecule has 0 N–H and O–H groups in total.